The van der Waals surface area contributed by atoms with E-state index < -0.39 is 0 Å². The van der Waals surface area contributed by atoms with E-state index in [9.17, 15) is 9.59 Å². The minimum Gasteiger partial charge on any atom is -0.350 e. The first-order valence-corrected chi connectivity index (χ1v) is 9.80. The summed E-state index contributed by atoms with van der Waals surface area (Å²) in [5, 5.41) is 5.98. The minimum atomic E-state index is -0.129. The number of rotatable bonds is 6. The molecule has 6 nitrogen and oxygen atoms in total. The number of anilines is 1. The van der Waals surface area contributed by atoms with Crippen LogP contribution in [0, 0.1) is 19.8 Å². The predicted molar refractivity (Wildman–Crippen MR) is 110 cm³/mol. The van der Waals surface area contributed by atoms with E-state index in [-0.39, 0.29) is 11.8 Å². The van der Waals surface area contributed by atoms with E-state index >= 15 is 0 Å². The molecule has 1 saturated heterocycles. The second-order valence-electron chi connectivity index (χ2n) is 7.51. The highest BCUT2D eigenvalue weighted by Gasteiger charge is 2.21. The Hall–Kier alpha value is -2.73. The largest absolute Gasteiger partial charge is 0.350 e. The van der Waals surface area contributed by atoms with Gasteiger partial charge in [-0.1, -0.05) is 23.8 Å². The normalized spacial score (nSPS) is 15.2. The van der Waals surface area contributed by atoms with Gasteiger partial charge in [-0.15, -0.1) is 0 Å². The summed E-state index contributed by atoms with van der Waals surface area (Å²) in [5.74, 6) is 0.330. The molecule has 2 aromatic rings. The van der Waals surface area contributed by atoms with Crippen LogP contribution in [0.25, 0.3) is 0 Å². The molecule has 3 rings (SSSR count). The Balaban J connectivity index is 1.39. The molecule has 1 aromatic carbocycles. The van der Waals surface area contributed by atoms with Crippen molar-refractivity contribution in [2.45, 2.75) is 26.7 Å². The molecule has 1 aromatic heterocycles. The van der Waals surface area contributed by atoms with Crippen LogP contribution in [-0.4, -0.2) is 47.9 Å². The maximum Gasteiger partial charge on any atom is 0.269 e. The molecule has 0 unspecified atom stereocenters. The molecule has 0 bridgehead atoms. The topological polar surface area (TPSA) is 74.3 Å². The summed E-state index contributed by atoms with van der Waals surface area (Å²) in [5.41, 5.74) is 3.59. The third-order valence-corrected chi connectivity index (χ3v) is 5.18. The number of nitrogens with one attached hydrogen (secondary N) is 2. The summed E-state index contributed by atoms with van der Waals surface area (Å²) in [6.07, 6.45) is 3.56. The first kappa shape index (κ1) is 20.0. The second-order valence-corrected chi connectivity index (χ2v) is 7.51. The van der Waals surface area contributed by atoms with Gasteiger partial charge in [0.1, 0.15) is 5.69 Å². The van der Waals surface area contributed by atoms with Crippen LogP contribution in [0.2, 0.25) is 0 Å². The lowest BCUT2D eigenvalue weighted by atomic mass is 9.96. The van der Waals surface area contributed by atoms with Crippen molar-refractivity contribution in [1.82, 2.24) is 15.2 Å². The Labute approximate surface area is 166 Å². The molecule has 28 heavy (non-hydrogen) atoms. The molecule has 1 fully saturated rings. The number of hydrogen-bond acceptors (Lipinski definition) is 4. The van der Waals surface area contributed by atoms with Crippen LogP contribution in [0.4, 0.5) is 5.69 Å². The van der Waals surface area contributed by atoms with Gasteiger partial charge in [-0.3, -0.25) is 19.5 Å². The van der Waals surface area contributed by atoms with E-state index in [2.05, 4.69) is 26.6 Å². The number of aromatic nitrogens is 1. The SMILES string of the molecule is Cc1ccc(NC(=O)CN2CCC(CNC(=O)c3ccccn3)CC2)c(C)c1. The minimum absolute atomic E-state index is 0.0221. The van der Waals surface area contributed by atoms with Gasteiger partial charge in [0.15, 0.2) is 0 Å². The maximum absolute atomic E-state index is 12.4. The average Bonchev–Trinajstić information content (AvgIpc) is 2.70. The fourth-order valence-electron chi connectivity index (χ4n) is 3.52. The monoisotopic (exact) mass is 380 g/mol. The summed E-state index contributed by atoms with van der Waals surface area (Å²) >= 11 is 0. The lowest BCUT2D eigenvalue weighted by Crippen LogP contribution is -2.42. The van der Waals surface area contributed by atoms with Crippen LogP contribution in [0.15, 0.2) is 42.6 Å². The van der Waals surface area contributed by atoms with E-state index in [0.717, 1.165) is 37.2 Å². The number of hydrogen-bond donors (Lipinski definition) is 2. The van der Waals surface area contributed by atoms with Crippen molar-refractivity contribution in [1.29, 1.82) is 0 Å². The van der Waals surface area contributed by atoms with Crippen LogP contribution in [0.3, 0.4) is 0 Å². The molecule has 0 saturated carbocycles. The number of likely N-dealkylation sites (tertiary alicyclic amines) is 1. The fraction of sp³-hybridized carbons (Fsp3) is 0.409. The Morgan fingerprint density at radius 2 is 1.93 bits per heavy atom. The van der Waals surface area contributed by atoms with Crippen molar-refractivity contribution in [3.8, 4) is 0 Å². The van der Waals surface area contributed by atoms with E-state index in [1.165, 1.54) is 5.56 Å². The number of carbonyl (C=O) groups is 2. The van der Waals surface area contributed by atoms with Gasteiger partial charge in [0.05, 0.1) is 6.54 Å². The Morgan fingerprint density at radius 3 is 2.61 bits per heavy atom. The molecule has 0 aliphatic carbocycles. The second kappa shape index (κ2) is 9.46. The number of nitrogens with zero attached hydrogens (tertiary/aromatic N) is 2. The first-order valence-electron chi connectivity index (χ1n) is 9.80. The van der Waals surface area contributed by atoms with Crippen molar-refractivity contribution in [3.05, 3.63) is 59.4 Å². The van der Waals surface area contributed by atoms with E-state index in [1.807, 2.05) is 32.0 Å². The average molecular weight is 380 g/mol. The van der Waals surface area contributed by atoms with Gasteiger partial charge in [-0.25, -0.2) is 0 Å². The molecule has 1 aliphatic rings. The summed E-state index contributed by atoms with van der Waals surface area (Å²) < 4.78 is 0. The van der Waals surface area contributed by atoms with Crippen molar-refractivity contribution in [3.63, 3.8) is 0 Å². The zero-order valence-electron chi connectivity index (χ0n) is 16.6. The summed E-state index contributed by atoms with van der Waals surface area (Å²) in [7, 11) is 0. The van der Waals surface area contributed by atoms with Gasteiger partial charge >= 0.3 is 0 Å². The van der Waals surface area contributed by atoms with Crippen molar-refractivity contribution >= 4 is 17.5 Å². The third kappa shape index (κ3) is 5.63. The van der Waals surface area contributed by atoms with E-state index in [4.69, 9.17) is 0 Å². The lowest BCUT2D eigenvalue weighted by molar-refractivity contribution is -0.117. The summed E-state index contributed by atoms with van der Waals surface area (Å²) in [4.78, 5) is 30.7. The van der Waals surface area contributed by atoms with Gasteiger partial charge in [0.25, 0.3) is 5.91 Å². The highest BCUT2D eigenvalue weighted by Crippen LogP contribution is 2.18. The standard InChI is InChI=1S/C22H28N4O2/c1-16-6-7-19(17(2)13-16)25-21(27)15-26-11-8-18(9-12-26)14-24-22(28)20-5-3-4-10-23-20/h3-7,10,13,18H,8-9,11-12,14-15H2,1-2H3,(H,24,28)(H,25,27). The molecule has 2 amide bonds. The predicted octanol–water partition coefficient (Wildman–Crippen LogP) is 2.78. The van der Waals surface area contributed by atoms with Gasteiger partial charge in [-0.2, -0.15) is 0 Å². The van der Waals surface area contributed by atoms with Crippen LogP contribution in [0.5, 0.6) is 0 Å². The number of benzene rings is 1. The van der Waals surface area contributed by atoms with Gasteiger partial charge in [0.2, 0.25) is 5.91 Å². The smallest absolute Gasteiger partial charge is 0.269 e. The number of piperidine rings is 1. The fourth-order valence-corrected chi connectivity index (χ4v) is 3.52. The zero-order chi connectivity index (χ0) is 19.9. The molecule has 0 radical (unpaired) electrons. The maximum atomic E-state index is 12.4. The quantitative estimate of drug-likeness (QED) is 0.808. The van der Waals surface area contributed by atoms with Gasteiger partial charge in [0, 0.05) is 18.4 Å². The molecule has 0 atom stereocenters. The molecule has 0 spiro atoms. The van der Waals surface area contributed by atoms with Gasteiger partial charge in [-0.05, 0) is 69.5 Å². The highest BCUT2D eigenvalue weighted by atomic mass is 16.2. The lowest BCUT2D eigenvalue weighted by Gasteiger charge is -2.31. The molecule has 1 aliphatic heterocycles. The summed E-state index contributed by atoms with van der Waals surface area (Å²) in [6.45, 7) is 6.84. The molecular weight excluding hydrogens is 352 g/mol. The van der Waals surface area contributed by atoms with Crippen LogP contribution < -0.4 is 10.6 Å². The van der Waals surface area contributed by atoms with Crippen molar-refractivity contribution < 1.29 is 9.59 Å². The molecule has 2 N–H and O–H groups in total. The van der Waals surface area contributed by atoms with E-state index in [0.29, 0.717) is 24.7 Å². The van der Waals surface area contributed by atoms with Crippen LogP contribution >= 0.6 is 0 Å². The first-order chi connectivity index (χ1) is 13.5. The molecular formula is C22H28N4O2. The Morgan fingerprint density at radius 1 is 1.14 bits per heavy atom. The van der Waals surface area contributed by atoms with Crippen LogP contribution in [-0.2, 0) is 4.79 Å². The molecule has 6 heteroatoms. The number of aryl methyl sites for hydroxylation is 2. The highest BCUT2D eigenvalue weighted by molar-refractivity contribution is 5.93. The van der Waals surface area contributed by atoms with Crippen molar-refractivity contribution in [2.75, 3.05) is 31.5 Å². The Kier molecular flexibility index (Phi) is 6.76. The number of pyridine rings is 1. The van der Waals surface area contributed by atoms with Gasteiger partial charge < -0.3 is 10.6 Å². The van der Waals surface area contributed by atoms with E-state index in [1.54, 1.807) is 18.3 Å². The number of carbonyl (C=O) groups excluding carboxylic acids is 2. The van der Waals surface area contributed by atoms with Crippen molar-refractivity contribution in [2.24, 2.45) is 5.92 Å². The molecule has 148 valence electrons. The molecule has 2 heterocycles. The van der Waals surface area contributed by atoms with Crippen LogP contribution in [0.1, 0.15) is 34.5 Å². The number of amides is 2. The zero-order valence-corrected chi connectivity index (χ0v) is 16.6. The summed E-state index contributed by atoms with van der Waals surface area (Å²) in [6, 6.07) is 11.4. The third-order valence-electron chi connectivity index (χ3n) is 5.18. The Bertz CT molecular complexity index is 815.